The summed E-state index contributed by atoms with van der Waals surface area (Å²) in [5, 5.41) is 12.5. The molecule has 1 saturated carbocycles. The summed E-state index contributed by atoms with van der Waals surface area (Å²) in [5.41, 5.74) is 13.2. The number of ether oxygens (including phenoxy) is 2. The second-order valence-electron chi connectivity index (χ2n) is 14.8. The Hall–Kier alpha value is -4.58. The predicted octanol–water partition coefficient (Wildman–Crippen LogP) is 6.25. The van der Waals surface area contributed by atoms with Crippen LogP contribution in [0.1, 0.15) is 91.7 Å². The Labute approximate surface area is 300 Å². The number of amides is 1. The molecule has 0 aromatic heterocycles. The molecule has 3 aromatic rings. The first kappa shape index (κ1) is 36.2. The maximum atomic E-state index is 13.6. The smallest absolute Gasteiger partial charge is 0.407 e. The molecule has 2 aliphatic carbocycles. The molecule has 0 bridgehead atoms. The van der Waals surface area contributed by atoms with E-state index in [4.69, 9.17) is 15.2 Å². The summed E-state index contributed by atoms with van der Waals surface area (Å²) in [6.45, 7) is 9.63. The van der Waals surface area contributed by atoms with Crippen molar-refractivity contribution in [1.29, 1.82) is 0 Å². The first-order valence-electron chi connectivity index (χ1n) is 17.7. The number of guanidine groups is 1. The van der Waals surface area contributed by atoms with Gasteiger partial charge in [0.2, 0.25) is 5.96 Å². The number of benzene rings is 3. The van der Waals surface area contributed by atoms with E-state index >= 15 is 0 Å². The van der Waals surface area contributed by atoms with Crippen LogP contribution in [0, 0.1) is 26.7 Å². The zero-order valence-corrected chi connectivity index (χ0v) is 30.7. The highest BCUT2D eigenvalue weighted by Crippen LogP contribution is 2.45. The van der Waals surface area contributed by atoms with Gasteiger partial charge in [0, 0.05) is 5.92 Å². The Balaban J connectivity index is 1.02. The van der Waals surface area contributed by atoms with Crippen molar-refractivity contribution in [1.82, 2.24) is 10.0 Å². The Bertz CT molecular complexity index is 1940. The Morgan fingerprint density at radius 1 is 0.980 bits per heavy atom. The van der Waals surface area contributed by atoms with Crippen molar-refractivity contribution in [3.05, 3.63) is 81.9 Å². The summed E-state index contributed by atoms with van der Waals surface area (Å²) >= 11 is 0. The van der Waals surface area contributed by atoms with Gasteiger partial charge in [-0.3, -0.25) is 0 Å². The van der Waals surface area contributed by atoms with Crippen LogP contribution in [0.5, 0.6) is 5.75 Å². The molecule has 6 rings (SSSR count). The molecule has 0 spiro atoms. The highest BCUT2D eigenvalue weighted by Gasteiger charge is 2.35. The monoisotopic (exact) mass is 716 g/mol. The van der Waals surface area contributed by atoms with Crippen molar-refractivity contribution >= 4 is 28.0 Å². The number of nitrogens with two attached hydrogens (primary N) is 1. The standard InChI is InChI=1S/C39H48N4O7S/c1-22-23(2)35(24(3)27-18-19-39(4,5)50-34(22)27)51(47,48)43-37(40)41-26-16-14-25(15-17-26)20-33(36(44)45)42-38(46)49-21-32-30-12-8-6-10-28(30)29-11-7-9-13-31(29)32/h6-13,25-26,32-33H,14-21H2,1-5H3,(H,42,46)(H,44,45)(H3,40,41,43)/t25?,26?,33-/m0/s1. The van der Waals surface area contributed by atoms with E-state index in [1.54, 1.807) is 6.92 Å². The summed E-state index contributed by atoms with van der Waals surface area (Å²) in [6.07, 6.45) is 3.50. The fourth-order valence-electron chi connectivity index (χ4n) is 8.01. The zero-order chi connectivity index (χ0) is 36.7. The van der Waals surface area contributed by atoms with Gasteiger partial charge in [0.1, 0.15) is 24.0 Å². The van der Waals surface area contributed by atoms with E-state index in [-0.39, 0.29) is 47.4 Å². The van der Waals surface area contributed by atoms with Crippen LogP contribution in [0.3, 0.4) is 0 Å². The molecule has 1 heterocycles. The maximum Gasteiger partial charge on any atom is 0.407 e. The van der Waals surface area contributed by atoms with Gasteiger partial charge >= 0.3 is 12.1 Å². The van der Waals surface area contributed by atoms with E-state index in [1.807, 2.05) is 64.1 Å². The lowest BCUT2D eigenvalue weighted by Crippen LogP contribution is -2.43. The molecule has 5 N–H and O–H groups in total. The quantitative estimate of drug-likeness (QED) is 0.149. The van der Waals surface area contributed by atoms with Gasteiger partial charge in [0.15, 0.2) is 0 Å². The molecule has 1 fully saturated rings. The molecule has 0 saturated heterocycles. The number of hydrogen-bond acceptors (Lipinski definition) is 7. The van der Waals surface area contributed by atoms with Crippen molar-refractivity contribution in [2.75, 3.05) is 6.61 Å². The molecule has 0 radical (unpaired) electrons. The van der Waals surface area contributed by atoms with E-state index in [0.29, 0.717) is 43.2 Å². The molecular formula is C39H48N4O7S. The molecular weight excluding hydrogens is 669 g/mol. The molecule has 1 aliphatic heterocycles. The third-order valence-corrected chi connectivity index (χ3v) is 12.4. The highest BCUT2D eigenvalue weighted by molar-refractivity contribution is 7.90. The van der Waals surface area contributed by atoms with Crippen molar-refractivity contribution in [3.8, 4) is 16.9 Å². The average molecular weight is 717 g/mol. The number of hydrogen-bond donors (Lipinski definition) is 4. The number of fused-ring (bicyclic) bond motifs is 4. The maximum absolute atomic E-state index is 13.6. The van der Waals surface area contributed by atoms with Crippen LogP contribution in [-0.4, -0.2) is 55.8 Å². The number of nitrogens with zero attached hydrogens (tertiary/aromatic N) is 1. The SMILES string of the molecule is Cc1c(C)c(S(=O)(=O)NC(N)=NC2CCC(C[C@H](NC(=O)OCC3c4ccccc4-c4ccccc43)C(=O)O)CC2)c(C)c2c1OC(C)(C)CC2. The summed E-state index contributed by atoms with van der Waals surface area (Å²) < 4.78 is 41.6. The first-order valence-corrected chi connectivity index (χ1v) is 19.2. The van der Waals surface area contributed by atoms with Crippen LogP contribution >= 0.6 is 0 Å². The number of carbonyl (C=O) groups excluding carboxylic acids is 1. The van der Waals surface area contributed by atoms with Crippen LogP contribution in [0.4, 0.5) is 4.79 Å². The molecule has 1 amide bonds. The average Bonchev–Trinajstić information content (AvgIpc) is 3.39. The van der Waals surface area contributed by atoms with Crippen molar-refractivity contribution < 1.29 is 32.6 Å². The number of aliphatic carboxylic acids is 1. The van der Waals surface area contributed by atoms with Gasteiger partial charge in [0.25, 0.3) is 10.0 Å². The number of nitrogens with one attached hydrogen (secondary N) is 2. The van der Waals surface area contributed by atoms with Gasteiger partial charge in [0.05, 0.1) is 10.9 Å². The first-order chi connectivity index (χ1) is 24.1. The molecule has 12 heteroatoms. The summed E-state index contributed by atoms with van der Waals surface area (Å²) in [7, 11) is -4.02. The van der Waals surface area contributed by atoms with Crippen LogP contribution in [0.25, 0.3) is 11.1 Å². The molecule has 3 aliphatic rings. The summed E-state index contributed by atoms with van der Waals surface area (Å²) in [6, 6.07) is 14.7. The minimum atomic E-state index is -4.02. The lowest BCUT2D eigenvalue weighted by atomic mass is 9.82. The lowest BCUT2D eigenvalue weighted by Gasteiger charge is -2.35. The minimum Gasteiger partial charge on any atom is -0.487 e. The van der Waals surface area contributed by atoms with Crippen LogP contribution in [-0.2, 0) is 26.0 Å². The van der Waals surface area contributed by atoms with Gasteiger partial charge in [-0.1, -0.05) is 48.5 Å². The lowest BCUT2D eigenvalue weighted by molar-refractivity contribution is -0.139. The van der Waals surface area contributed by atoms with Gasteiger partial charge in [-0.05, 0) is 130 Å². The Morgan fingerprint density at radius 2 is 1.59 bits per heavy atom. The predicted molar refractivity (Wildman–Crippen MR) is 196 cm³/mol. The summed E-state index contributed by atoms with van der Waals surface area (Å²) in [4.78, 5) is 29.7. The molecule has 11 nitrogen and oxygen atoms in total. The number of rotatable bonds is 9. The summed E-state index contributed by atoms with van der Waals surface area (Å²) in [5.74, 6) is -0.639. The zero-order valence-electron chi connectivity index (χ0n) is 29.9. The van der Waals surface area contributed by atoms with Gasteiger partial charge in [-0.25, -0.2) is 27.7 Å². The second-order valence-corrected chi connectivity index (χ2v) is 16.4. The number of carboxylic acids is 1. The van der Waals surface area contributed by atoms with Gasteiger partial charge in [-0.15, -0.1) is 0 Å². The Kier molecular flexibility index (Phi) is 10.1. The molecule has 51 heavy (non-hydrogen) atoms. The number of alkyl carbamates (subject to hydrolysis) is 1. The second kappa shape index (κ2) is 14.2. The van der Waals surface area contributed by atoms with E-state index in [9.17, 15) is 23.1 Å². The molecule has 272 valence electrons. The van der Waals surface area contributed by atoms with Crippen LogP contribution in [0.2, 0.25) is 0 Å². The van der Waals surface area contributed by atoms with Crippen LogP contribution < -0.4 is 20.5 Å². The van der Waals surface area contributed by atoms with E-state index in [0.717, 1.165) is 45.6 Å². The third kappa shape index (κ3) is 7.56. The third-order valence-electron chi connectivity index (χ3n) is 10.8. The molecule has 0 unspecified atom stereocenters. The number of aliphatic imine (C=N–C) groups is 1. The molecule has 3 aromatic carbocycles. The van der Waals surface area contributed by atoms with E-state index < -0.39 is 28.1 Å². The van der Waals surface area contributed by atoms with E-state index in [1.165, 1.54) is 0 Å². The van der Waals surface area contributed by atoms with Gasteiger partial charge in [-0.2, -0.15) is 0 Å². The number of carboxylic acid groups (broad SMARTS) is 1. The minimum absolute atomic E-state index is 0.0281. The normalized spacial score (nSPS) is 20.3. The van der Waals surface area contributed by atoms with E-state index in [2.05, 4.69) is 27.2 Å². The topological polar surface area (TPSA) is 169 Å². The highest BCUT2D eigenvalue weighted by atomic mass is 32.2. The van der Waals surface area contributed by atoms with Crippen molar-refractivity contribution in [3.63, 3.8) is 0 Å². The number of carbonyl (C=O) groups is 2. The largest absolute Gasteiger partial charge is 0.487 e. The van der Waals surface area contributed by atoms with Crippen LogP contribution in [0.15, 0.2) is 58.4 Å². The molecule has 1 atom stereocenters. The van der Waals surface area contributed by atoms with Gasteiger partial charge < -0.3 is 25.6 Å². The van der Waals surface area contributed by atoms with Crippen molar-refractivity contribution in [2.45, 2.75) is 108 Å². The fourth-order valence-corrected chi connectivity index (χ4v) is 9.52. The van der Waals surface area contributed by atoms with Crippen molar-refractivity contribution in [2.24, 2.45) is 16.6 Å². The number of sulfonamides is 1. The fraction of sp³-hybridized carbons (Fsp3) is 0.462. The Morgan fingerprint density at radius 3 is 2.20 bits per heavy atom.